The highest BCUT2D eigenvalue weighted by atomic mass is 32.2. The number of hydrogen-bond acceptors (Lipinski definition) is 6. The maximum Gasteiger partial charge on any atom is 0.265 e. The van der Waals surface area contributed by atoms with Crippen LogP contribution in [0, 0.1) is 0 Å². The van der Waals surface area contributed by atoms with Gasteiger partial charge in [-0.25, -0.2) is 18.4 Å². The minimum absolute atomic E-state index is 0.178. The molecule has 2 heterocycles. The van der Waals surface area contributed by atoms with Gasteiger partial charge < -0.3 is 4.90 Å². The zero-order valence-electron chi connectivity index (χ0n) is 16.2. The van der Waals surface area contributed by atoms with Gasteiger partial charge in [-0.15, -0.1) is 11.3 Å². The number of sulfonamides is 1. The van der Waals surface area contributed by atoms with Crippen molar-refractivity contribution < 1.29 is 8.42 Å². The highest BCUT2D eigenvalue weighted by Gasteiger charge is 2.24. The van der Waals surface area contributed by atoms with Crippen LogP contribution in [0.25, 0.3) is 0 Å². The third-order valence-corrected chi connectivity index (χ3v) is 7.26. The Morgan fingerprint density at radius 3 is 2.39 bits per heavy atom. The van der Waals surface area contributed by atoms with Gasteiger partial charge in [0.1, 0.15) is 10.7 Å². The second-order valence-corrected chi connectivity index (χ2v) is 9.10. The minimum Gasteiger partial charge on any atom is -0.354 e. The SMILES string of the molecule is CCc1nc(CN(C)c2ccc(S(=O)(=O)N(CC)c3ccccc3)cn2)cs1. The molecule has 0 amide bonds. The molecule has 0 aliphatic heterocycles. The molecule has 0 bridgehead atoms. The average molecular weight is 417 g/mol. The third-order valence-electron chi connectivity index (χ3n) is 4.33. The van der Waals surface area contributed by atoms with Crippen LogP contribution in [0.15, 0.2) is 58.9 Å². The standard InChI is InChI=1S/C20H24N4O2S2/c1-4-20-22-16(15-27-20)14-23(3)19-12-11-18(13-21-19)28(25,26)24(5-2)17-9-7-6-8-10-17/h6-13,15H,4-5,14H2,1-3H3. The highest BCUT2D eigenvalue weighted by molar-refractivity contribution is 7.92. The molecule has 1 aromatic carbocycles. The van der Waals surface area contributed by atoms with Crippen LogP contribution in [0.1, 0.15) is 24.5 Å². The van der Waals surface area contributed by atoms with Crippen LogP contribution in [-0.4, -0.2) is 32.0 Å². The maximum atomic E-state index is 13.0. The van der Waals surface area contributed by atoms with Crippen LogP contribution in [-0.2, 0) is 23.0 Å². The third kappa shape index (κ3) is 4.34. The van der Waals surface area contributed by atoms with Gasteiger partial charge in [0.25, 0.3) is 10.0 Å². The van der Waals surface area contributed by atoms with Crippen LogP contribution < -0.4 is 9.21 Å². The van der Waals surface area contributed by atoms with Crippen molar-refractivity contribution in [2.24, 2.45) is 0 Å². The van der Waals surface area contributed by atoms with Crippen LogP contribution in [0.3, 0.4) is 0 Å². The van der Waals surface area contributed by atoms with E-state index in [0.29, 0.717) is 24.6 Å². The van der Waals surface area contributed by atoms with Gasteiger partial charge in [-0.2, -0.15) is 0 Å². The van der Waals surface area contributed by atoms with Crippen LogP contribution >= 0.6 is 11.3 Å². The molecule has 0 unspecified atom stereocenters. The number of rotatable bonds is 8. The summed E-state index contributed by atoms with van der Waals surface area (Å²) in [6.07, 6.45) is 2.35. The summed E-state index contributed by atoms with van der Waals surface area (Å²) in [7, 11) is -1.74. The molecule has 0 aliphatic rings. The van der Waals surface area contributed by atoms with Gasteiger partial charge in [0.05, 0.1) is 22.9 Å². The van der Waals surface area contributed by atoms with Crippen molar-refractivity contribution in [1.29, 1.82) is 0 Å². The van der Waals surface area contributed by atoms with E-state index < -0.39 is 10.0 Å². The van der Waals surface area contributed by atoms with Crippen molar-refractivity contribution in [3.63, 3.8) is 0 Å². The molecule has 0 aliphatic carbocycles. The van der Waals surface area contributed by atoms with E-state index in [9.17, 15) is 8.42 Å². The fraction of sp³-hybridized carbons (Fsp3) is 0.300. The zero-order chi connectivity index (χ0) is 20.1. The topological polar surface area (TPSA) is 66.4 Å². The number of hydrogen-bond donors (Lipinski definition) is 0. The highest BCUT2D eigenvalue weighted by Crippen LogP contribution is 2.24. The average Bonchev–Trinajstić information content (AvgIpc) is 3.17. The van der Waals surface area contributed by atoms with Gasteiger partial charge in [-0.05, 0) is 37.6 Å². The molecule has 3 rings (SSSR count). The fourth-order valence-electron chi connectivity index (χ4n) is 2.87. The lowest BCUT2D eigenvalue weighted by molar-refractivity contribution is 0.591. The number of thiazole rings is 1. The molecule has 6 nitrogen and oxygen atoms in total. The van der Waals surface area contributed by atoms with Crippen LogP contribution in [0.2, 0.25) is 0 Å². The Kier molecular flexibility index (Phi) is 6.31. The van der Waals surface area contributed by atoms with Crippen LogP contribution in [0.4, 0.5) is 11.5 Å². The Morgan fingerprint density at radius 1 is 1.07 bits per heavy atom. The number of anilines is 2. The van der Waals surface area contributed by atoms with Crippen molar-refractivity contribution in [3.05, 3.63) is 64.7 Å². The first-order chi connectivity index (χ1) is 13.5. The number of pyridine rings is 1. The number of aryl methyl sites for hydroxylation is 1. The Balaban J connectivity index is 1.78. The molecule has 0 saturated carbocycles. The molecule has 8 heteroatoms. The van der Waals surface area contributed by atoms with E-state index in [4.69, 9.17) is 0 Å². The van der Waals surface area contributed by atoms with E-state index >= 15 is 0 Å². The van der Waals surface area contributed by atoms with E-state index in [1.165, 1.54) is 10.5 Å². The van der Waals surface area contributed by atoms with E-state index in [0.717, 1.165) is 17.1 Å². The van der Waals surface area contributed by atoms with Gasteiger partial charge in [0.15, 0.2) is 0 Å². The molecule has 0 spiro atoms. The first-order valence-corrected chi connectivity index (χ1v) is 11.5. The number of nitrogens with zero attached hydrogens (tertiary/aromatic N) is 4. The summed E-state index contributed by atoms with van der Waals surface area (Å²) in [5, 5.41) is 3.16. The van der Waals surface area contributed by atoms with E-state index in [-0.39, 0.29) is 4.90 Å². The van der Waals surface area contributed by atoms with Crippen molar-refractivity contribution in [2.75, 3.05) is 22.8 Å². The lowest BCUT2D eigenvalue weighted by atomic mass is 10.3. The normalized spacial score (nSPS) is 11.4. The van der Waals surface area contributed by atoms with Gasteiger partial charge in [0.2, 0.25) is 0 Å². The molecule has 0 saturated heterocycles. The molecule has 28 heavy (non-hydrogen) atoms. The molecular weight excluding hydrogens is 392 g/mol. The summed E-state index contributed by atoms with van der Waals surface area (Å²) >= 11 is 1.65. The molecule has 0 N–H and O–H groups in total. The van der Waals surface area contributed by atoms with E-state index in [2.05, 4.69) is 16.9 Å². The smallest absolute Gasteiger partial charge is 0.265 e. The van der Waals surface area contributed by atoms with Crippen molar-refractivity contribution in [2.45, 2.75) is 31.7 Å². The van der Waals surface area contributed by atoms with Crippen molar-refractivity contribution >= 4 is 32.9 Å². The summed E-state index contributed by atoms with van der Waals surface area (Å²) in [6.45, 7) is 4.87. The Labute approximate surface area is 170 Å². The second kappa shape index (κ2) is 8.70. The van der Waals surface area contributed by atoms with Gasteiger partial charge in [0, 0.05) is 25.2 Å². The Hall–Kier alpha value is -2.45. The fourth-order valence-corrected chi connectivity index (χ4v) is 5.03. The van der Waals surface area contributed by atoms with Crippen molar-refractivity contribution in [3.8, 4) is 0 Å². The number of benzene rings is 1. The molecule has 2 aromatic heterocycles. The van der Waals surface area contributed by atoms with Gasteiger partial charge in [-0.3, -0.25) is 4.31 Å². The summed E-state index contributed by atoms with van der Waals surface area (Å²) in [5.41, 5.74) is 1.63. The number of para-hydroxylation sites is 1. The Morgan fingerprint density at radius 2 is 1.82 bits per heavy atom. The quantitative estimate of drug-likeness (QED) is 0.556. The molecule has 3 aromatic rings. The summed E-state index contributed by atoms with van der Waals surface area (Å²) in [5.74, 6) is 0.702. The summed E-state index contributed by atoms with van der Waals surface area (Å²) in [6, 6.07) is 12.4. The predicted octanol–water partition coefficient (Wildman–Crippen LogP) is 3.95. The first-order valence-electron chi connectivity index (χ1n) is 9.14. The lowest BCUT2D eigenvalue weighted by Gasteiger charge is -2.23. The Bertz CT molecular complexity index is 1000. The summed E-state index contributed by atoms with van der Waals surface area (Å²) < 4.78 is 27.5. The lowest BCUT2D eigenvalue weighted by Crippen LogP contribution is -2.30. The van der Waals surface area contributed by atoms with E-state index in [1.54, 1.807) is 35.6 Å². The monoisotopic (exact) mass is 416 g/mol. The largest absolute Gasteiger partial charge is 0.354 e. The molecule has 148 valence electrons. The molecular formula is C20H24N4O2S2. The second-order valence-electron chi connectivity index (χ2n) is 6.30. The first kappa shape index (κ1) is 20.3. The maximum absolute atomic E-state index is 13.0. The minimum atomic E-state index is -3.66. The molecule has 0 atom stereocenters. The zero-order valence-corrected chi connectivity index (χ0v) is 17.9. The van der Waals surface area contributed by atoms with Crippen LogP contribution in [0.5, 0.6) is 0 Å². The summed E-state index contributed by atoms with van der Waals surface area (Å²) in [4.78, 5) is 11.1. The van der Waals surface area contributed by atoms with Gasteiger partial charge in [-0.1, -0.05) is 25.1 Å². The van der Waals surface area contributed by atoms with Gasteiger partial charge >= 0.3 is 0 Å². The van der Waals surface area contributed by atoms with Crippen molar-refractivity contribution in [1.82, 2.24) is 9.97 Å². The molecule has 0 radical (unpaired) electrons. The number of aromatic nitrogens is 2. The molecule has 0 fully saturated rings. The van der Waals surface area contributed by atoms with E-state index in [1.807, 2.05) is 42.5 Å². The predicted molar refractivity (Wildman–Crippen MR) is 114 cm³/mol.